The van der Waals surface area contributed by atoms with Gasteiger partial charge in [-0.2, -0.15) is 18.4 Å². The molecule has 0 amide bonds. The van der Waals surface area contributed by atoms with E-state index in [0.29, 0.717) is 28.4 Å². The van der Waals surface area contributed by atoms with Crippen LogP contribution in [-0.4, -0.2) is 19.6 Å². The zero-order chi connectivity index (χ0) is 19.0. The maximum absolute atomic E-state index is 13.0. The lowest BCUT2D eigenvalue weighted by Gasteiger charge is -2.11. The standard InChI is InChI=1S/C18H11F3N6/c19-18(20,21)12-4-3-5-13(8-12)25-17-15(14-6-1-2-7-23-14)26-16-11(9-22)10-24-27(16)17/h1-8,10,24-25H. The number of nitriles is 1. The fraction of sp³-hybridized carbons (Fsp3) is 0.0556. The first-order valence-electron chi connectivity index (χ1n) is 7.83. The fourth-order valence-electron chi connectivity index (χ4n) is 2.71. The van der Waals surface area contributed by atoms with Crippen LogP contribution < -0.4 is 5.32 Å². The van der Waals surface area contributed by atoms with Gasteiger partial charge in [0, 0.05) is 18.1 Å². The Bertz CT molecular complexity index is 1150. The van der Waals surface area contributed by atoms with Crippen molar-refractivity contribution in [1.29, 1.82) is 5.26 Å². The normalized spacial score (nSPS) is 11.5. The average molecular weight is 368 g/mol. The number of benzene rings is 1. The lowest BCUT2D eigenvalue weighted by atomic mass is 10.2. The van der Waals surface area contributed by atoms with E-state index in [1.807, 2.05) is 6.07 Å². The van der Waals surface area contributed by atoms with Crippen molar-refractivity contribution < 1.29 is 13.2 Å². The summed E-state index contributed by atoms with van der Waals surface area (Å²) in [4.78, 5) is 8.69. The van der Waals surface area contributed by atoms with Gasteiger partial charge in [-0.05, 0) is 30.3 Å². The van der Waals surface area contributed by atoms with Crippen molar-refractivity contribution in [3.8, 4) is 17.5 Å². The van der Waals surface area contributed by atoms with Crippen LogP contribution in [-0.2, 0) is 6.18 Å². The molecule has 0 fully saturated rings. The Morgan fingerprint density at radius 3 is 2.70 bits per heavy atom. The molecule has 0 aliphatic carbocycles. The monoisotopic (exact) mass is 368 g/mol. The number of pyridine rings is 1. The van der Waals surface area contributed by atoms with Crippen LogP contribution in [0.3, 0.4) is 0 Å². The van der Waals surface area contributed by atoms with Gasteiger partial charge in [0.2, 0.25) is 0 Å². The predicted octanol–water partition coefficient (Wildman–Crippen LogP) is 4.36. The van der Waals surface area contributed by atoms with Crippen LogP contribution in [0.15, 0.2) is 54.9 Å². The lowest BCUT2D eigenvalue weighted by Crippen LogP contribution is -2.06. The second kappa shape index (κ2) is 6.17. The number of nitrogens with one attached hydrogen (secondary N) is 2. The Morgan fingerprint density at radius 2 is 2.00 bits per heavy atom. The molecule has 0 aliphatic heterocycles. The summed E-state index contributed by atoms with van der Waals surface area (Å²) in [5, 5.41) is 15.1. The minimum absolute atomic E-state index is 0.233. The minimum atomic E-state index is -4.45. The molecule has 6 nitrogen and oxygen atoms in total. The van der Waals surface area contributed by atoms with E-state index in [0.717, 1.165) is 12.1 Å². The van der Waals surface area contributed by atoms with Crippen LogP contribution in [0, 0.1) is 11.3 Å². The fourth-order valence-corrected chi connectivity index (χ4v) is 2.71. The number of aromatic nitrogens is 4. The molecule has 9 heteroatoms. The largest absolute Gasteiger partial charge is 0.416 e. The van der Waals surface area contributed by atoms with Gasteiger partial charge in [0.15, 0.2) is 11.5 Å². The molecule has 0 unspecified atom stereocenters. The van der Waals surface area contributed by atoms with Crippen molar-refractivity contribution in [3.05, 3.63) is 66.0 Å². The first kappa shape index (κ1) is 16.7. The molecule has 4 rings (SSSR count). The summed E-state index contributed by atoms with van der Waals surface area (Å²) in [5.41, 5.74) is 1.06. The zero-order valence-electron chi connectivity index (χ0n) is 13.6. The number of nitrogens with zero attached hydrogens (tertiary/aromatic N) is 4. The molecule has 0 saturated carbocycles. The van der Waals surface area contributed by atoms with Gasteiger partial charge in [-0.25, -0.2) is 9.50 Å². The molecule has 0 saturated heterocycles. The van der Waals surface area contributed by atoms with Crippen molar-refractivity contribution in [1.82, 2.24) is 19.6 Å². The number of rotatable bonds is 3. The molecule has 3 aromatic heterocycles. The molecule has 134 valence electrons. The summed E-state index contributed by atoms with van der Waals surface area (Å²) in [6.45, 7) is 0. The van der Waals surface area contributed by atoms with Crippen molar-refractivity contribution in [2.75, 3.05) is 5.32 Å². The lowest BCUT2D eigenvalue weighted by molar-refractivity contribution is -0.137. The molecule has 0 radical (unpaired) electrons. The van der Waals surface area contributed by atoms with Crippen LogP contribution in [0.4, 0.5) is 24.7 Å². The molecule has 0 spiro atoms. The SMILES string of the molecule is N#Cc1c[nH]n2c(Nc3cccc(C(F)(F)F)c3)c(-c3ccccn3)nc12. The van der Waals surface area contributed by atoms with Crippen LogP contribution in [0.5, 0.6) is 0 Å². The van der Waals surface area contributed by atoms with Gasteiger partial charge in [-0.15, -0.1) is 0 Å². The molecular weight excluding hydrogens is 357 g/mol. The van der Waals surface area contributed by atoms with Gasteiger partial charge in [-0.1, -0.05) is 12.1 Å². The number of aromatic amines is 1. The van der Waals surface area contributed by atoms with E-state index >= 15 is 0 Å². The molecule has 1 aromatic carbocycles. The number of imidazole rings is 1. The molecule has 2 N–H and O–H groups in total. The summed E-state index contributed by atoms with van der Waals surface area (Å²) in [6.07, 6.45) is -1.39. The number of H-pyrrole nitrogens is 1. The van der Waals surface area contributed by atoms with E-state index in [-0.39, 0.29) is 5.69 Å². The van der Waals surface area contributed by atoms with E-state index < -0.39 is 11.7 Å². The Morgan fingerprint density at radius 1 is 1.15 bits per heavy atom. The van der Waals surface area contributed by atoms with E-state index in [1.54, 1.807) is 24.4 Å². The average Bonchev–Trinajstić information content (AvgIpc) is 3.22. The Kier molecular flexibility index (Phi) is 3.81. The molecule has 0 aliphatic rings. The number of alkyl halides is 3. The molecular formula is C18H11F3N6. The smallest absolute Gasteiger partial charge is 0.338 e. The van der Waals surface area contributed by atoms with Crippen molar-refractivity contribution in [2.24, 2.45) is 0 Å². The number of halogens is 3. The first-order valence-corrected chi connectivity index (χ1v) is 7.83. The van der Waals surface area contributed by atoms with E-state index in [4.69, 9.17) is 0 Å². The second-order valence-corrected chi connectivity index (χ2v) is 5.69. The topological polar surface area (TPSA) is 81.8 Å². The number of hydrogen-bond donors (Lipinski definition) is 2. The van der Waals surface area contributed by atoms with Crippen LogP contribution >= 0.6 is 0 Å². The molecule has 4 aromatic rings. The highest BCUT2D eigenvalue weighted by Gasteiger charge is 2.30. The Balaban J connectivity index is 1.86. The van der Waals surface area contributed by atoms with Crippen molar-refractivity contribution >= 4 is 17.2 Å². The zero-order valence-corrected chi connectivity index (χ0v) is 13.6. The molecule has 27 heavy (non-hydrogen) atoms. The maximum Gasteiger partial charge on any atom is 0.416 e. The molecule has 3 heterocycles. The minimum Gasteiger partial charge on any atom is -0.338 e. The highest BCUT2D eigenvalue weighted by molar-refractivity contribution is 5.79. The van der Waals surface area contributed by atoms with Crippen molar-refractivity contribution in [3.63, 3.8) is 0 Å². The summed E-state index contributed by atoms with van der Waals surface area (Å²) in [7, 11) is 0. The maximum atomic E-state index is 13.0. The number of anilines is 2. The van der Waals surface area contributed by atoms with Crippen LogP contribution in [0.1, 0.15) is 11.1 Å². The number of hydrogen-bond acceptors (Lipinski definition) is 4. The quantitative estimate of drug-likeness (QED) is 0.563. The van der Waals surface area contributed by atoms with Gasteiger partial charge in [0.25, 0.3) is 0 Å². The Labute approximate surface area is 150 Å². The summed E-state index contributed by atoms with van der Waals surface area (Å²) < 4.78 is 40.5. The van der Waals surface area contributed by atoms with E-state index in [9.17, 15) is 18.4 Å². The predicted molar refractivity (Wildman–Crippen MR) is 92.2 cm³/mol. The van der Waals surface area contributed by atoms with E-state index in [1.165, 1.54) is 22.8 Å². The van der Waals surface area contributed by atoms with Gasteiger partial charge >= 0.3 is 6.18 Å². The number of fused-ring (bicyclic) bond motifs is 1. The molecule has 0 atom stereocenters. The summed E-state index contributed by atoms with van der Waals surface area (Å²) in [6, 6.07) is 12.1. The van der Waals surface area contributed by atoms with E-state index in [2.05, 4.69) is 20.4 Å². The third-order valence-corrected chi connectivity index (χ3v) is 3.94. The molecule has 0 bridgehead atoms. The third kappa shape index (κ3) is 2.97. The first-order chi connectivity index (χ1) is 13.0. The third-order valence-electron chi connectivity index (χ3n) is 3.94. The highest BCUT2D eigenvalue weighted by Crippen LogP contribution is 2.34. The summed E-state index contributed by atoms with van der Waals surface area (Å²) >= 11 is 0. The Hall–Kier alpha value is -3.80. The highest BCUT2D eigenvalue weighted by atomic mass is 19.4. The summed E-state index contributed by atoms with van der Waals surface area (Å²) in [5.74, 6) is 0.379. The van der Waals surface area contributed by atoms with Gasteiger partial charge in [-0.3, -0.25) is 10.1 Å². The van der Waals surface area contributed by atoms with Gasteiger partial charge in [0.05, 0.1) is 11.3 Å². The van der Waals surface area contributed by atoms with Crippen LogP contribution in [0.2, 0.25) is 0 Å². The van der Waals surface area contributed by atoms with Gasteiger partial charge in [0.1, 0.15) is 17.3 Å². The van der Waals surface area contributed by atoms with Crippen molar-refractivity contribution in [2.45, 2.75) is 6.18 Å². The van der Waals surface area contributed by atoms with Crippen LogP contribution in [0.25, 0.3) is 17.0 Å². The second-order valence-electron chi connectivity index (χ2n) is 5.69. The van der Waals surface area contributed by atoms with Gasteiger partial charge < -0.3 is 5.32 Å².